The number of fused-ring (bicyclic) bond motifs is 2. The summed E-state index contributed by atoms with van der Waals surface area (Å²) in [5.41, 5.74) is 1.11. The summed E-state index contributed by atoms with van der Waals surface area (Å²) in [6, 6.07) is 8.79. The van der Waals surface area contributed by atoms with Crippen molar-refractivity contribution in [2.24, 2.45) is 5.92 Å². The van der Waals surface area contributed by atoms with E-state index in [1.54, 1.807) is 14.2 Å². The molecule has 4 rings (SSSR count). The minimum absolute atomic E-state index is 0.231. The van der Waals surface area contributed by atoms with Crippen LogP contribution in [0.5, 0.6) is 5.75 Å². The van der Waals surface area contributed by atoms with Gasteiger partial charge in [0.15, 0.2) is 0 Å². The van der Waals surface area contributed by atoms with Gasteiger partial charge in [0.25, 0.3) is 0 Å². The van der Waals surface area contributed by atoms with Gasteiger partial charge >= 0.3 is 0 Å². The van der Waals surface area contributed by atoms with E-state index >= 15 is 0 Å². The molecule has 2 saturated heterocycles. The first-order valence-electron chi connectivity index (χ1n) is 11.8. The van der Waals surface area contributed by atoms with Crippen LogP contribution in [0.2, 0.25) is 0 Å². The number of hydrogen-bond donors (Lipinski definition) is 0. The number of carbonyl (C=O) groups excluding carboxylic acids is 1. The maximum Gasteiger partial charge on any atom is 0.224 e. The Morgan fingerprint density at radius 3 is 2.84 bits per heavy atom. The third-order valence-electron chi connectivity index (χ3n) is 7.16. The Bertz CT molecular complexity index is 863. The van der Waals surface area contributed by atoms with Crippen molar-refractivity contribution in [2.45, 2.75) is 51.1 Å². The molecule has 2 fully saturated rings. The summed E-state index contributed by atoms with van der Waals surface area (Å²) in [7, 11) is 3.41. The highest BCUT2D eigenvalue weighted by molar-refractivity contribution is 5.86. The smallest absolute Gasteiger partial charge is 0.224 e. The van der Waals surface area contributed by atoms with Crippen molar-refractivity contribution in [3.8, 4) is 5.75 Å². The van der Waals surface area contributed by atoms with Crippen LogP contribution in [0.1, 0.15) is 38.5 Å². The van der Waals surface area contributed by atoms with Crippen molar-refractivity contribution >= 4 is 16.8 Å². The average Bonchev–Trinajstić information content (AvgIpc) is 3.23. The van der Waals surface area contributed by atoms with Crippen LogP contribution in [-0.4, -0.2) is 73.3 Å². The van der Waals surface area contributed by atoms with Gasteiger partial charge in [-0.1, -0.05) is 12.5 Å². The Kier molecular flexibility index (Phi) is 7.51. The van der Waals surface area contributed by atoms with Crippen LogP contribution in [0, 0.1) is 5.92 Å². The van der Waals surface area contributed by atoms with Crippen molar-refractivity contribution in [3.05, 3.63) is 30.5 Å². The first-order chi connectivity index (χ1) is 15.2. The molecule has 0 saturated carbocycles. The molecular weight excluding hydrogens is 390 g/mol. The van der Waals surface area contributed by atoms with Crippen molar-refractivity contribution in [2.75, 3.05) is 47.0 Å². The fraction of sp³-hybridized carbons (Fsp3) is 0.640. The third kappa shape index (κ3) is 5.07. The first kappa shape index (κ1) is 22.2. The number of aryl methyl sites for hydroxylation is 1. The Labute approximate surface area is 186 Å². The molecular formula is C25H37N3O3. The number of methoxy groups -OCH3 is 2. The average molecular weight is 428 g/mol. The summed E-state index contributed by atoms with van der Waals surface area (Å²) < 4.78 is 13.0. The molecule has 2 atom stereocenters. The summed E-state index contributed by atoms with van der Waals surface area (Å²) in [5, 5.41) is 1.09. The lowest BCUT2D eigenvalue weighted by Gasteiger charge is -2.45. The molecule has 1 aromatic carbocycles. The third-order valence-corrected chi connectivity index (χ3v) is 7.16. The summed E-state index contributed by atoms with van der Waals surface area (Å²) in [6.07, 6.45) is 8.99. The lowest BCUT2D eigenvalue weighted by Crippen LogP contribution is -2.52. The van der Waals surface area contributed by atoms with E-state index in [9.17, 15) is 4.79 Å². The Morgan fingerprint density at radius 1 is 1.13 bits per heavy atom. The zero-order valence-electron chi connectivity index (χ0n) is 19.1. The van der Waals surface area contributed by atoms with Gasteiger partial charge in [0.05, 0.1) is 19.2 Å². The number of aromatic nitrogens is 1. The van der Waals surface area contributed by atoms with Gasteiger partial charge in [0.2, 0.25) is 5.91 Å². The van der Waals surface area contributed by atoms with Gasteiger partial charge in [-0.25, -0.2) is 0 Å². The molecule has 2 aliphatic rings. The van der Waals surface area contributed by atoms with E-state index in [2.05, 4.69) is 32.7 Å². The van der Waals surface area contributed by atoms with Crippen molar-refractivity contribution in [3.63, 3.8) is 0 Å². The largest absolute Gasteiger partial charge is 0.496 e. The van der Waals surface area contributed by atoms with E-state index < -0.39 is 0 Å². The van der Waals surface area contributed by atoms with E-state index in [-0.39, 0.29) is 5.91 Å². The number of ether oxygens (including phenoxy) is 2. The summed E-state index contributed by atoms with van der Waals surface area (Å²) >= 11 is 0. The van der Waals surface area contributed by atoms with Crippen LogP contribution in [0.3, 0.4) is 0 Å². The molecule has 0 spiro atoms. The van der Waals surface area contributed by atoms with E-state index in [0.717, 1.165) is 23.2 Å². The van der Waals surface area contributed by atoms with E-state index in [1.165, 1.54) is 45.2 Å². The SMILES string of the molecule is COCCN(C[C@@H]1CCCN2CCCC[C@H]12)C(=O)CCn1ccc2c(OC)cccc21. The second kappa shape index (κ2) is 10.5. The number of carbonyl (C=O) groups is 1. The summed E-state index contributed by atoms with van der Waals surface area (Å²) in [5.74, 6) is 1.69. The van der Waals surface area contributed by atoms with Crippen LogP contribution in [0.25, 0.3) is 10.9 Å². The Hall–Kier alpha value is -2.05. The highest BCUT2D eigenvalue weighted by Crippen LogP contribution is 2.31. The van der Waals surface area contributed by atoms with Crippen molar-refractivity contribution < 1.29 is 14.3 Å². The lowest BCUT2D eigenvalue weighted by atomic mass is 9.83. The standard InChI is InChI=1S/C25H37N3O3/c1-30-18-17-28(19-20-7-6-14-26-13-4-3-8-22(20)26)25(29)12-16-27-15-11-21-23(27)9-5-10-24(21)31-2/h5,9-11,15,20,22H,3-4,6-8,12-14,16-19H2,1-2H3/t20-,22+/m0/s1. The number of nitrogens with zero attached hydrogens (tertiary/aromatic N) is 3. The van der Waals surface area contributed by atoms with E-state index in [1.807, 2.05) is 12.1 Å². The Morgan fingerprint density at radius 2 is 2.00 bits per heavy atom. The van der Waals surface area contributed by atoms with Gasteiger partial charge in [-0.05, 0) is 62.9 Å². The number of benzene rings is 1. The zero-order chi connectivity index (χ0) is 21.6. The molecule has 0 bridgehead atoms. The molecule has 0 N–H and O–H groups in total. The predicted molar refractivity (Wildman–Crippen MR) is 123 cm³/mol. The normalized spacial score (nSPS) is 21.7. The number of piperidine rings is 2. The van der Waals surface area contributed by atoms with E-state index in [0.29, 0.717) is 38.1 Å². The molecule has 1 amide bonds. The van der Waals surface area contributed by atoms with Crippen LogP contribution >= 0.6 is 0 Å². The molecule has 6 nitrogen and oxygen atoms in total. The molecule has 170 valence electrons. The fourth-order valence-electron chi connectivity index (χ4n) is 5.53. The molecule has 2 aliphatic heterocycles. The topological polar surface area (TPSA) is 46.9 Å². The summed E-state index contributed by atoms with van der Waals surface area (Å²) in [4.78, 5) is 18.0. The van der Waals surface area contributed by atoms with Gasteiger partial charge in [-0.2, -0.15) is 0 Å². The van der Waals surface area contributed by atoms with Gasteiger partial charge < -0.3 is 23.8 Å². The quantitative estimate of drug-likeness (QED) is 0.611. The van der Waals surface area contributed by atoms with Gasteiger partial charge in [0, 0.05) is 50.8 Å². The first-order valence-corrected chi connectivity index (χ1v) is 11.8. The molecule has 31 heavy (non-hydrogen) atoms. The van der Waals surface area contributed by atoms with E-state index in [4.69, 9.17) is 9.47 Å². The highest BCUT2D eigenvalue weighted by Gasteiger charge is 2.34. The minimum Gasteiger partial charge on any atom is -0.496 e. The van der Waals surface area contributed by atoms with Gasteiger partial charge in [-0.3, -0.25) is 4.79 Å². The maximum absolute atomic E-state index is 13.3. The Balaban J connectivity index is 1.41. The maximum atomic E-state index is 13.3. The fourth-order valence-corrected chi connectivity index (χ4v) is 5.53. The molecule has 0 aliphatic carbocycles. The zero-order valence-corrected chi connectivity index (χ0v) is 19.1. The number of amides is 1. The molecule has 6 heteroatoms. The predicted octanol–water partition coefficient (Wildman–Crippen LogP) is 3.78. The van der Waals surface area contributed by atoms with Crippen LogP contribution < -0.4 is 4.74 Å². The molecule has 1 aromatic heterocycles. The van der Waals surface area contributed by atoms with Gasteiger partial charge in [-0.15, -0.1) is 0 Å². The summed E-state index contributed by atoms with van der Waals surface area (Å²) in [6.45, 7) is 5.28. The van der Waals surface area contributed by atoms with Crippen molar-refractivity contribution in [1.82, 2.24) is 14.4 Å². The van der Waals surface area contributed by atoms with Crippen LogP contribution in [0.15, 0.2) is 30.5 Å². The number of rotatable bonds is 9. The molecule has 0 unspecified atom stereocenters. The second-order valence-corrected chi connectivity index (χ2v) is 8.99. The van der Waals surface area contributed by atoms with Crippen LogP contribution in [0.4, 0.5) is 0 Å². The molecule has 0 radical (unpaired) electrons. The van der Waals surface area contributed by atoms with Gasteiger partial charge in [0.1, 0.15) is 5.75 Å². The van der Waals surface area contributed by atoms with Crippen LogP contribution in [-0.2, 0) is 16.1 Å². The lowest BCUT2D eigenvalue weighted by molar-refractivity contribution is -0.133. The minimum atomic E-state index is 0.231. The number of hydrogen-bond acceptors (Lipinski definition) is 4. The highest BCUT2D eigenvalue weighted by atomic mass is 16.5. The van der Waals surface area contributed by atoms with Crippen molar-refractivity contribution in [1.29, 1.82) is 0 Å². The second-order valence-electron chi connectivity index (χ2n) is 8.99. The monoisotopic (exact) mass is 427 g/mol. The molecule has 3 heterocycles. The molecule has 2 aromatic rings.